The van der Waals surface area contributed by atoms with Crippen LogP contribution in [0, 0.1) is 5.92 Å². The standard InChI is InChI=1S/C14H19NO4/c1-3-15(9-10(2)14(18)19)13(17)8-11-4-6-12(16)7-5-11/h4-7,10,16H,3,8-9H2,1-2H3,(H,18,19). The zero-order valence-electron chi connectivity index (χ0n) is 11.2. The van der Waals surface area contributed by atoms with E-state index in [4.69, 9.17) is 10.2 Å². The van der Waals surface area contributed by atoms with Gasteiger partial charge in [0.1, 0.15) is 5.75 Å². The SMILES string of the molecule is CCN(CC(C)C(=O)O)C(=O)Cc1ccc(O)cc1. The van der Waals surface area contributed by atoms with E-state index < -0.39 is 11.9 Å². The molecule has 0 aliphatic heterocycles. The Bertz CT molecular complexity index is 441. The number of carboxylic acid groups (broad SMARTS) is 1. The Labute approximate surface area is 112 Å². The third-order valence-corrected chi connectivity index (χ3v) is 2.94. The summed E-state index contributed by atoms with van der Waals surface area (Å²) in [6, 6.07) is 6.42. The van der Waals surface area contributed by atoms with E-state index in [1.165, 1.54) is 17.0 Å². The van der Waals surface area contributed by atoms with Crippen molar-refractivity contribution in [3.8, 4) is 5.75 Å². The first-order chi connectivity index (χ1) is 8.93. The highest BCUT2D eigenvalue weighted by molar-refractivity contribution is 5.79. The van der Waals surface area contributed by atoms with E-state index in [0.717, 1.165) is 5.56 Å². The Morgan fingerprint density at radius 1 is 1.26 bits per heavy atom. The summed E-state index contributed by atoms with van der Waals surface area (Å²) in [6.45, 7) is 4.10. The molecular weight excluding hydrogens is 246 g/mol. The van der Waals surface area contributed by atoms with Crippen LogP contribution in [-0.4, -0.2) is 40.1 Å². The first kappa shape index (κ1) is 15.0. The quantitative estimate of drug-likeness (QED) is 0.817. The van der Waals surface area contributed by atoms with Crippen LogP contribution >= 0.6 is 0 Å². The summed E-state index contributed by atoms with van der Waals surface area (Å²) in [7, 11) is 0. The van der Waals surface area contributed by atoms with Crippen molar-refractivity contribution in [1.82, 2.24) is 4.90 Å². The first-order valence-electron chi connectivity index (χ1n) is 6.22. The summed E-state index contributed by atoms with van der Waals surface area (Å²) in [5.41, 5.74) is 0.796. The molecule has 0 spiro atoms. The van der Waals surface area contributed by atoms with Crippen LogP contribution in [0.1, 0.15) is 19.4 Å². The topological polar surface area (TPSA) is 77.8 Å². The number of aromatic hydroxyl groups is 1. The van der Waals surface area contributed by atoms with Gasteiger partial charge in [-0.05, 0) is 24.6 Å². The zero-order chi connectivity index (χ0) is 14.4. The van der Waals surface area contributed by atoms with E-state index in [2.05, 4.69) is 0 Å². The first-order valence-corrected chi connectivity index (χ1v) is 6.22. The number of carboxylic acids is 1. The number of amides is 1. The van der Waals surface area contributed by atoms with Gasteiger partial charge >= 0.3 is 5.97 Å². The van der Waals surface area contributed by atoms with Gasteiger partial charge in [0.25, 0.3) is 0 Å². The second-order valence-corrected chi connectivity index (χ2v) is 4.51. The average molecular weight is 265 g/mol. The monoisotopic (exact) mass is 265 g/mol. The largest absolute Gasteiger partial charge is 0.508 e. The molecule has 0 aliphatic rings. The van der Waals surface area contributed by atoms with E-state index in [1.54, 1.807) is 19.1 Å². The van der Waals surface area contributed by atoms with Crippen molar-refractivity contribution >= 4 is 11.9 Å². The lowest BCUT2D eigenvalue weighted by atomic mass is 10.1. The van der Waals surface area contributed by atoms with Crippen molar-refractivity contribution in [3.05, 3.63) is 29.8 Å². The molecule has 1 rings (SSSR count). The van der Waals surface area contributed by atoms with Crippen LogP contribution < -0.4 is 0 Å². The Morgan fingerprint density at radius 3 is 2.32 bits per heavy atom. The van der Waals surface area contributed by atoms with Crippen molar-refractivity contribution in [3.63, 3.8) is 0 Å². The fourth-order valence-electron chi connectivity index (χ4n) is 1.72. The molecule has 5 heteroatoms. The molecule has 0 fully saturated rings. The number of aliphatic carboxylic acids is 1. The zero-order valence-corrected chi connectivity index (χ0v) is 11.2. The number of likely N-dealkylation sites (N-methyl/N-ethyl adjacent to an activating group) is 1. The van der Waals surface area contributed by atoms with Crippen molar-refractivity contribution in [2.45, 2.75) is 20.3 Å². The fraction of sp³-hybridized carbons (Fsp3) is 0.429. The van der Waals surface area contributed by atoms with Crippen LogP contribution in [0.4, 0.5) is 0 Å². The van der Waals surface area contributed by atoms with Gasteiger partial charge in [-0.3, -0.25) is 9.59 Å². The van der Waals surface area contributed by atoms with Crippen molar-refractivity contribution in [2.75, 3.05) is 13.1 Å². The normalized spacial score (nSPS) is 11.9. The third kappa shape index (κ3) is 4.62. The van der Waals surface area contributed by atoms with Gasteiger partial charge in [0.2, 0.25) is 5.91 Å². The van der Waals surface area contributed by atoms with Crippen LogP contribution in [0.3, 0.4) is 0 Å². The summed E-state index contributed by atoms with van der Waals surface area (Å²) in [6.07, 6.45) is 0.209. The molecule has 1 aromatic rings. The van der Waals surface area contributed by atoms with Gasteiger partial charge < -0.3 is 15.1 Å². The van der Waals surface area contributed by atoms with Crippen LogP contribution in [-0.2, 0) is 16.0 Å². The Kier molecular flexibility index (Phi) is 5.36. The second-order valence-electron chi connectivity index (χ2n) is 4.51. The van der Waals surface area contributed by atoms with Gasteiger partial charge in [-0.1, -0.05) is 19.1 Å². The highest BCUT2D eigenvalue weighted by Crippen LogP contribution is 2.11. The maximum Gasteiger partial charge on any atom is 0.308 e. The summed E-state index contributed by atoms with van der Waals surface area (Å²) in [5.74, 6) is -1.44. The molecule has 0 saturated heterocycles. The maximum atomic E-state index is 12.1. The van der Waals surface area contributed by atoms with Crippen LogP contribution in [0.25, 0.3) is 0 Å². The Hall–Kier alpha value is -2.04. The lowest BCUT2D eigenvalue weighted by molar-refractivity contribution is -0.142. The van der Waals surface area contributed by atoms with Crippen molar-refractivity contribution < 1.29 is 19.8 Å². The molecule has 0 saturated carbocycles. The predicted octanol–water partition coefficient (Wildman–Crippen LogP) is 1.50. The van der Waals surface area contributed by atoms with E-state index >= 15 is 0 Å². The van der Waals surface area contributed by atoms with E-state index in [1.807, 2.05) is 6.92 Å². The van der Waals surface area contributed by atoms with Gasteiger partial charge in [0, 0.05) is 13.1 Å². The van der Waals surface area contributed by atoms with Gasteiger partial charge in [-0.2, -0.15) is 0 Å². The number of hydrogen-bond acceptors (Lipinski definition) is 3. The minimum absolute atomic E-state index is 0.110. The highest BCUT2D eigenvalue weighted by atomic mass is 16.4. The molecule has 1 atom stereocenters. The molecule has 5 nitrogen and oxygen atoms in total. The van der Waals surface area contributed by atoms with Gasteiger partial charge in [0.15, 0.2) is 0 Å². The molecule has 0 bridgehead atoms. The Balaban J connectivity index is 2.63. The van der Waals surface area contributed by atoms with E-state index in [-0.39, 0.29) is 24.6 Å². The molecule has 0 aliphatic carbocycles. The smallest absolute Gasteiger partial charge is 0.308 e. The number of rotatable bonds is 6. The third-order valence-electron chi connectivity index (χ3n) is 2.94. The molecular formula is C14H19NO4. The highest BCUT2D eigenvalue weighted by Gasteiger charge is 2.19. The summed E-state index contributed by atoms with van der Waals surface area (Å²) in [4.78, 5) is 24.4. The summed E-state index contributed by atoms with van der Waals surface area (Å²) >= 11 is 0. The molecule has 19 heavy (non-hydrogen) atoms. The second kappa shape index (κ2) is 6.78. The lowest BCUT2D eigenvalue weighted by Gasteiger charge is -2.23. The van der Waals surface area contributed by atoms with Crippen LogP contribution in [0.15, 0.2) is 24.3 Å². The van der Waals surface area contributed by atoms with Gasteiger partial charge in [-0.15, -0.1) is 0 Å². The number of carbonyl (C=O) groups excluding carboxylic acids is 1. The van der Waals surface area contributed by atoms with Crippen molar-refractivity contribution in [2.24, 2.45) is 5.92 Å². The van der Waals surface area contributed by atoms with Gasteiger partial charge in [0.05, 0.1) is 12.3 Å². The molecule has 0 radical (unpaired) electrons. The Morgan fingerprint density at radius 2 is 1.84 bits per heavy atom. The molecule has 2 N–H and O–H groups in total. The van der Waals surface area contributed by atoms with E-state index in [0.29, 0.717) is 6.54 Å². The van der Waals surface area contributed by atoms with E-state index in [9.17, 15) is 9.59 Å². The maximum absolute atomic E-state index is 12.1. The minimum atomic E-state index is -0.907. The summed E-state index contributed by atoms with van der Waals surface area (Å²) in [5, 5.41) is 18.0. The van der Waals surface area contributed by atoms with Crippen LogP contribution in [0.2, 0.25) is 0 Å². The molecule has 0 heterocycles. The van der Waals surface area contributed by atoms with Gasteiger partial charge in [-0.25, -0.2) is 0 Å². The fourth-order valence-corrected chi connectivity index (χ4v) is 1.72. The minimum Gasteiger partial charge on any atom is -0.508 e. The molecule has 1 unspecified atom stereocenters. The number of nitrogens with zero attached hydrogens (tertiary/aromatic N) is 1. The number of hydrogen-bond donors (Lipinski definition) is 2. The average Bonchev–Trinajstić information content (AvgIpc) is 2.38. The molecule has 1 aromatic carbocycles. The number of phenols is 1. The van der Waals surface area contributed by atoms with Crippen molar-refractivity contribution in [1.29, 1.82) is 0 Å². The molecule has 104 valence electrons. The molecule has 1 amide bonds. The van der Waals surface area contributed by atoms with Crippen LogP contribution in [0.5, 0.6) is 5.75 Å². The number of benzene rings is 1. The summed E-state index contributed by atoms with van der Waals surface area (Å²) < 4.78 is 0. The lowest BCUT2D eigenvalue weighted by Crippen LogP contribution is -2.37. The molecule has 0 aromatic heterocycles. The number of carbonyl (C=O) groups is 2. The number of phenolic OH excluding ortho intramolecular Hbond substituents is 1. The predicted molar refractivity (Wildman–Crippen MR) is 70.9 cm³/mol.